The van der Waals surface area contributed by atoms with Crippen molar-refractivity contribution < 1.29 is 14.6 Å². The van der Waals surface area contributed by atoms with Crippen molar-refractivity contribution in [1.82, 2.24) is 15.1 Å². The lowest BCUT2D eigenvalue weighted by molar-refractivity contribution is 0.0744. The zero-order valence-electron chi connectivity index (χ0n) is 15.3. The highest BCUT2D eigenvalue weighted by Gasteiger charge is 2.41. The second-order valence-electron chi connectivity index (χ2n) is 6.59. The summed E-state index contributed by atoms with van der Waals surface area (Å²) in [4.78, 5) is 14.8. The number of aromatic amines is 1. The van der Waals surface area contributed by atoms with Crippen molar-refractivity contribution in [2.75, 3.05) is 13.7 Å². The van der Waals surface area contributed by atoms with Gasteiger partial charge in [-0.3, -0.25) is 9.89 Å². The van der Waals surface area contributed by atoms with Gasteiger partial charge >= 0.3 is 0 Å². The largest absolute Gasteiger partial charge is 0.508 e. The Morgan fingerprint density at radius 2 is 2.00 bits per heavy atom. The maximum absolute atomic E-state index is 13.0. The first-order valence-corrected chi connectivity index (χ1v) is 8.96. The van der Waals surface area contributed by atoms with Crippen molar-refractivity contribution in [3.63, 3.8) is 0 Å². The minimum Gasteiger partial charge on any atom is -0.508 e. The molecular formula is C21H21N3O3. The highest BCUT2D eigenvalue weighted by Crippen LogP contribution is 2.43. The Hall–Kier alpha value is -3.28. The number of nitrogens with one attached hydrogen (secondary N) is 1. The Labute approximate surface area is 157 Å². The summed E-state index contributed by atoms with van der Waals surface area (Å²) in [6, 6.07) is 14.4. The summed E-state index contributed by atoms with van der Waals surface area (Å²) in [6.45, 7) is 2.69. The molecule has 0 saturated carbocycles. The lowest BCUT2D eigenvalue weighted by Crippen LogP contribution is -2.30. The smallest absolute Gasteiger partial charge is 0.273 e. The van der Waals surface area contributed by atoms with Gasteiger partial charge in [0, 0.05) is 17.7 Å². The number of phenolic OH excluding ortho intramolecular Hbond substituents is 1. The van der Waals surface area contributed by atoms with Gasteiger partial charge in [0.1, 0.15) is 17.2 Å². The minimum atomic E-state index is -0.243. The van der Waals surface area contributed by atoms with E-state index in [1.54, 1.807) is 19.2 Å². The maximum atomic E-state index is 13.0. The van der Waals surface area contributed by atoms with Crippen LogP contribution in [-0.2, 0) is 0 Å². The van der Waals surface area contributed by atoms with Gasteiger partial charge in [0.15, 0.2) is 0 Å². The minimum absolute atomic E-state index is 0.0495. The number of phenols is 1. The molecule has 4 rings (SSSR count). The van der Waals surface area contributed by atoms with Gasteiger partial charge in [0.2, 0.25) is 0 Å². The standard InChI is InChI=1S/C21H21N3O3/c1-3-11-24-20(13-7-9-15(25)10-8-13)17-18(22-23-19(17)21(24)26)14-5-4-6-16(12-14)27-2/h4-10,12,20,25H,3,11H2,1-2H3,(H,22,23). The van der Waals surface area contributed by atoms with Crippen LogP contribution in [0.25, 0.3) is 11.3 Å². The lowest BCUT2D eigenvalue weighted by atomic mass is 9.96. The van der Waals surface area contributed by atoms with Crippen molar-refractivity contribution in [3.05, 3.63) is 65.4 Å². The molecule has 138 valence electrons. The molecule has 1 amide bonds. The fourth-order valence-corrected chi connectivity index (χ4v) is 3.66. The van der Waals surface area contributed by atoms with Crippen LogP contribution >= 0.6 is 0 Å². The van der Waals surface area contributed by atoms with E-state index in [2.05, 4.69) is 17.1 Å². The van der Waals surface area contributed by atoms with E-state index >= 15 is 0 Å². The summed E-state index contributed by atoms with van der Waals surface area (Å²) in [5, 5.41) is 17.0. The van der Waals surface area contributed by atoms with Crippen molar-refractivity contribution >= 4 is 5.91 Å². The molecule has 2 heterocycles. The monoisotopic (exact) mass is 363 g/mol. The van der Waals surface area contributed by atoms with E-state index in [1.807, 2.05) is 41.3 Å². The van der Waals surface area contributed by atoms with Crippen LogP contribution in [-0.4, -0.2) is 39.8 Å². The van der Waals surface area contributed by atoms with Gasteiger partial charge in [0.05, 0.1) is 18.8 Å². The fraction of sp³-hybridized carbons (Fsp3) is 0.238. The number of H-pyrrole nitrogens is 1. The molecule has 0 aliphatic carbocycles. The van der Waals surface area contributed by atoms with Crippen LogP contribution < -0.4 is 4.74 Å². The number of fused-ring (bicyclic) bond motifs is 1. The predicted octanol–water partition coefficient (Wildman–Crippen LogP) is 3.75. The van der Waals surface area contributed by atoms with E-state index in [0.717, 1.165) is 34.6 Å². The molecule has 0 fully saturated rings. The first-order chi connectivity index (χ1) is 13.1. The van der Waals surface area contributed by atoms with E-state index in [9.17, 15) is 9.90 Å². The molecule has 1 atom stereocenters. The number of amides is 1. The third-order valence-electron chi connectivity index (χ3n) is 4.88. The number of aromatic nitrogens is 2. The van der Waals surface area contributed by atoms with Crippen LogP contribution in [0.15, 0.2) is 48.5 Å². The summed E-state index contributed by atoms with van der Waals surface area (Å²) in [6.07, 6.45) is 0.854. The Morgan fingerprint density at radius 3 is 2.70 bits per heavy atom. The number of benzene rings is 2. The van der Waals surface area contributed by atoms with E-state index in [1.165, 1.54) is 0 Å². The molecule has 0 radical (unpaired) electrons. The zero-order valence-corrected chi connectivity index (χ0v) is 15.3. The highest BCUT2D eigenvalue weighted by molar-refractivity contribution is 6.00. The van der Waals surface area contributed by atoms with Gasteiger partial charge < -0.3 is 14.7 Å². The normalized spacial score (nSPS) is 15.9. The Morgan fingerprint density at radius 1 is 1.22 bits per heavy atom. The van der Waals surface area contributed by atoms with Gasteiger partial charge in [0.25, 0.3) is 5.91 Å². The first-order valence-electron chi connectivity index (χ1n) is 8.96. The molecule has 6 heteroatoms. The molecule has 1 unspecified atom stereocenters. The molecule has 3 aromatic rings. The van der Waals surface area contributed by atoms with E-state index in [-0.39, 0.29) is 17.7 Å². The maximum Gasteiger partial charge on any atom is 0.273 e. The Kier molecular flexibility index (Phi) is 4.32. The molecule has 2 N–H and O–H groups in total. The van der Waals surface area contributed by atoms with Crippen LogP contribution in [0.3, 0.4) is 0 Å². The van der Waals surface area contributed by atoms with Crippen molar-refractivity contribution in [2.24, 2.45) is 0 Å². The van der Waals surface area contributed by atoms with Crippen molar-refractivity contribution in [1.29, 1.82) is 0 Å². The third-order valence-corrected chi connectivity index (χ3v) is 4.88. The molecule has 0 spiro atoms. The second-order valence-corrected chi connectivity index (χ2v) is 6.59. The Bertz CT molecular complexity index is 979. The van der Waals surface area contributed by atoms with Gasteiger partial charge in [-0.25, -0.2) is 0 Å². The molecule has 1 aliphatic rings. The summed E-state index contributed by atoms with van der Waals surface area (Å²) in [7, 11) is 1.62. The Balaban J connectivity index is 1.88. The molecular weight excluding hydrogens is 342 g/mol. The zero-order chi connectivity index (χ0) is 19.0. The van der Waals surface area contributed by atoms with Crippen molar-refractivity contribution in [2.45, 2.75) is 19.4 Å². The number of nitrogens with zero attached hydrogens (tertiary/aromatic N) is 2. The lowest BCUT2D eigenvalue weighted by Gasteiger charge is -2.26. The number of hydrogen-bond acceptors (Lipinski definition) is 4. The van der Waals surface area contributed by atoms with Crippen LogP contribution in [0.4, 0.5) is 0 Å². The van der Waals surface area contributed by atoms with Crippen molar-refractivity contribution in [3.8, 4) is 22.8 Å². The molecule has 27 heavy (non-hydrogen) atoms. The van der Waals surface area contributed by atoms with Crippen LogP contribution in [0, 0.1) is 0 Å². The second kappa shape index (κ2) is 6.79. The average molecular weight is 363 g/mol. The molecule has 2 aromatic carbocycles. The van der Waals surface area contributed by atoms with Crippen LogP contribution in [0.2, 0.25) is 0 Å². The molecule has 1 aromatic heterocycles. The number of hydrogen-bond donors (Lipinski definition) is 2. The molecule has 0 saturated heterocycles. The van der Waals surface area contributed by atoms with E-state index in [0.29, 0.717) is 12.2 Å². The summed E-state index contributed by atoms with van der Waals surface area (Å²) < 4.78 is 5.33. The fourth-order valence-electron chi connectivity index (χ4n) is 3.66. The van der Waals surface area contributed by atoms with E-state index in [4.69, 9.17) is 4.74 Å². The summed E-state index contributed by atoms with van der Waals surface area (Å²) >= 11 is 0. The number of rotatable bonds is 5. The number of aromatic hydroxyl groups is 1. The number of methoxy groups -OCH3 is 1. The highest BCUT2D eigenvalue weighted by atomic mass is 16.5. The quantitative estimate of drug-likeness (QED) is 0.724. The summed E-state index contributed by atoms with van der Waals surface area (Å²) in [5.41, 5.74) is 3.97. The van der Waals surface area contributed by atoms with Gasteiger partial charge in [-0.05, 0) is 36.2 Å². The molecule has 1 aliphatic heterocycles. The van der Waals surface area contributed by atoms with Gasteiger partial charge in [-0.15, -0.1) is 0 Å². The number of ether oxygens (including phenoxy) is 1. The number of carbonyl (C=O) groups excluding carboxylic acids is 1. The molecule has 0 bridgehead atoms. The molecule has 6 nitrogen and oxygen atoms in total. The van der Waals surface area contributed by atoms with Crippen LogP contribution in [0.1, 0.15) is 41.0 Å². The third kappa shape index (κ3) is 2.83. The number of carbonyl (C=O) groups is 1. The van der Waals surface area contributed by atoms with E-state index < -0.39 is 0 Å². The predicted molar refractivity (Wildman–Crippen MR) is 102 cm³/mol. The average Bonchev–Trinajstić information content (AvgIpc) is 3.23. The topological polar surface area (TPSA) is 78.5 Å². The SMILES string of the molecule is CCCN1C(=O)c2[nH]nc(-c3cccc(OC)c3)c2C1c1ccc(O)cc1. The van der Waals surface area contributed by atoms with Gasteiger partial charge in [-0.1, -0.05) is 31.2 Å². The first kappa shape index (κ1) is 17.1. The van der Waals surface area contributed by atoms with Gasteiger partial charge in [-0.2, -0.15) is 5.10 Å². The summed E-state index contributed by atoms with van der Waals surface area (Å²) in [5.74, 6) is 0.886. The van der Waals surface area contributed by atoms with Crippen LogP contribution in [0.5, 0.6) is 11.5 Å².